The van der Waals surface area contributed by atoms with Crippen LogP contribution in [0, 0.1) is 5.82 Å². The van der Waals surface area contributed by atoms with Crippen molar-refractivity contribution in [1.82, 2.24) is 0 Å². The Labute approximate surface area is 171 Å². The molecule has 0 spiro atoms. The first-order valence-electron chi connectivity index (χ1n) is 8.99. The number of fused-ring (bicyclic) bond motifs is 2. The molecule has 0 radical (unpaired) electrons. The van der Waals surface area contributed by atoms with E-state index < -0.39 is 5.25 Å². The number of amides is 1. The van der Waals surface area contributed by atoms with Crippen molar-refractivity contribution >= 4 is 34.9 Å². The fraction of sp³-hybridized carbons (Fsp3) is 0.0870. The van der Waals surface area contributed by atoms with Crippen LogP contribution in [0.1, 0.15) is 38.8 Å². The lowest BCUT2D eigenvalue weighted by atomic mass is 9.84. The molecule has 1 aliphatic rings. The maximum absolute atomic E-state index is 13.0. The number of nitrogens with one attached hydrogen (secondary N) is 1. The topological polar surface area (TPSA) is 63.2 Å². The van der Waals surface area contributed by atoms with E-state index in [0.29, 0.717) is 22.4 Å². The maximum Gasteiger partial charge on any atom is 0.237 e. The fourth-order valence-corrected chi connectivity index (χ4v) is 4.06. The van der Waals surface area contributed by atoms with Gasteiger partial charge in [-0.25, -0.2) is 4.39 Å². The minimum absolute atomic E-state index is 0.201. The summed E-state index contributed by atoms with van der Waals surface area (Å²) in [5, 5.41) is 2.35. The standard InChI is InChI=1S/C23H16FNO3S/c1-13(29-16-9-6-14(24)7-10-16)23(28)25-15-8-11-19-20(12-15)22(27)18-5-3-2-4-17(18)21(19)26/h2-13H,1H3,(H,25,28)/t13-/m1/s1. The third-order valence-corrected chi connectivity index (χ3v) is 5.80. The molecular weight excluding hydrogens is 389 g/mol. The van der Waals surface area contributed by atoms with Crippen LogP contribution in [0.25, 0.3) is 0 Å². The minimum atomic E-state index is -0.436. The summed E-state index contributed by atoms with van der Waals surface area (Å²) < 4.78 is 13.0. The largest absolute Gasteiger partial charge is 0.325 e. The second kappa shape index (κ2) is 7.64. The second-order valence-electron chi connectivity index (χ2n) is 6.67. The molecule has 1 N–H and O–H groups in total. The molecule has 0 aromatic heterocycles. The molecule has 144 valence electrons. The van der Waals surface area contributed by atoms with Crippen molar-refractivity contribution in [3.8, 4) is 0 Å². The number of hydrogen-bond acceptors (Lipinski definition) is 4. The molecule has 3 aromatic rings. The Kier molecular flexibility index (Phi) is 5.03. The number of halogens is 1. The summed E-state index contributed by atoms with van der Waals surface area (Å²) in [5.74, 6) is -1.02. The normalized spacial score (nSPS) is 13.4. The zero-order chi connectivity index (χ0) is 20.5. The Morgan fingerprint density at radius 3 is 2.10 bits per heavy atom. The third-order valence-electron chi connectivity index (χ3n) is 4.69. The van der Waals surface area contributed by atoms with Gasteiger partial charge < -0.3 is 5.32 Å². The smallest absolute Gasteiger partial charge is 0.237 e. The molecule has 0 bridgehead atoms. The molecule has 6 heteroatoms. The molecule has 1 aliphatic carbocycles. The second-order valence-corrected chi connectivity index (χ2v) is 8.08. The van der Waals surface area contributed by atoms with Gasteiger partial charge in [-0.1, -0.05) is 24.3 Å². The van der Waals surface area contributed by atoms with Crippen molar-refractivity contribution in [2.24, 2.45) is 0 Å². The van der Waals surface area contributed by atoms with Gasteiger partial charge in [0.25, 0.3) is 0 Å². The van der Waals surface area contributed by atoms with E-state index in [1.54, 1.807) is 61.5 Å². The molecule has 29 heavy (non-hydrogen) atoms. The van der Waals surface area contributed by atoms with E-state index in [2.05, 4.69) is 5.32 Å². The summed E-state index contributed by atoms with van der Waals surface area (Å²) >= 11 is 1.30. The molecule has 4 rings (SSSR count). The monoisotopic (exact) mass is 405 g/mol. The van der Waals surface area contributed by atoms with Crippen molar-refractivity contribution in [3.63, 3.8) is 0 Å². The van der Waals surface area contributed by atoms with Crippen LogP contribution in [0.5, 0.6) is 0 Å². The van der Waals surface area contributed by atoms with Crippen molar-refractivity contribution in [2.75, 3.05) is 5.32 Å². The van der Waals surface area contributed by atoms with Crippen molar-refractivity contribution in [1.29, 1.82) is 0 Å². The number of carbonyl (C=O) groups is 3. The highest BCUT2D eigenvalue weighted by molar-refractivity contribution is 8.00. The van der Waals surface area contributed by atoms with E-state index in [1.807, 2.05) is 0 Å². The number of carbonyl (C=O) groups excluding carboxylic acids is 3. The third kappa shape index (κ3) is 3.71. The van der Waals surface area contributed by atoms with E-state index >= 15 is 0 Å². The molecule has 0 heterocycles. The van der Waals surface area contributed by atoms with Gasteiger partial charge >= 0.3 is 0 Å². The predicted molar refractivity (Wildman–Crippen MR) is 110 cm³/mol. The summed E-state index contributed by atoms with van der Waals surface area (Å²) in [6.07, 6.45) is 0. The van der Waals surface area contributed by atoms with Crippen LogP contribution in [0.2, 0.25) is 0 Å². The highest BCUT2D eigenvalue weighted by Gasteiger charge is 2.29. The van der Waals surface area contributed by atoms with Gasteiger partial charge in [0.1, 0.15) is 5.82 Å². The first kappa shape index (κ1) is 19.1. The molecule has 0 saturated heterocycles. The van der Waals surface area contributed by atoms with Crippen LogP contribution in [0.3, 0.4) is 0 Å². The van der Waals surface area contributed by atoms with Crippen LogP contribution >= 0.6 is 11.8 Å². The average molecular weight is 405 g/mol. The molecular formula is C23H16FNO3S. The Hall–Kier alpha value is -3.25. The number of benzene rings is 3. The van der Waals surface area contributed by atoms with Gasteiger partial charge in [-0.2, -0.15) is 0 Å². The van der Waals surface area contributed by atoms with Crippen LogP contribution in [0.15, 0.2) is 71.6 Å². The van der Waals surface area contributed by atoms with Crippen molar-refractivity contribution in [3.05, 3.63) is 94.8 Å². The minimum Gasteiger partial charge on any atom is -0.325 e. The van der Waals surface area contributed by atoms with Crippen molar-refractivity contribution in [2.45, 2.75) is 17.1 Å². The van der Waals surface area contributed by atoms with Gasteiger partial charge in [0.2, 0.25) is 5.91 Å². The van der Waals surface area contributed by atoms with Gasteiger partial charge in [0, 0.05) is 32.8 Å². The summed E-state index contributed by atoms with van der Waals surface area (Å²) in [6, 6.07) is 17.4. The lowest BCUT2D eigenvalue weighted by Crippen LogP contribution is -2.24. The van der Waals surface area contributed by atoms with Gasteiger partial charge in [-0.3, -0.25) is 14.4 Å². The van der Waals surface area contributed by atoms with Crippen LogP contribution < -0.4 is 5.32 Å². The number of rotatable bonds is 4. The Balaban J connectivity index is 1.53. The number of thioether (sulfide) groups is 1. The summed E-state index contributed by atoms with van der Waals surface area (Å²) in [6.45, 7) is 1.74. The zero-order valence-corrected chi connectivity index (χ0v) is 16.3. The molecule has 0 unspecified atom stereocenters. The quantitative estimate of drug-likeness (QED) is 0.499. The van der Waals surface area contributed by atoms with Gasteiger partial charge in [0.15, 0.2) is 11.6 Å². The Morgan fingerprint density at radius 1 is 0.862 bits per heavy atom. The molecule has 1 atom stereocenters. The van der Waals surface area contributed by atoms with E-state index in [1.165, 1.54) is 23.9 Å². The van der Waals surface area contributed by atoms with Gasteiger partial charge in [-0.05, 0) is 49.4 Å². The lowest BCUT2D eigenvalue weighted by molar-refractivity contribution is -0.115. The van der Waals surface area contributed by atoms with Crippen LogP contribution in [-0.4, -0.2) is 22.7 Å². The summed E-state index contributed by atoms with van der Waals surface area (Å²) in [4.78, 5) is 38.8. The first-order chi connectivity index (χ1) is 13.9. The number of anilines is 1. The van der Waals surface area contributed by atoms with E-state index in [-0.39, 0.29) is 28.9 Å². The van der Waals surface area contributed by atoms with E-state index in [4.69, 9.17) is 0 Å². The Morgan fingerprint density at radius 2 is 1.45 bits per heavy atom. The molecule has 3 aromatic carbocycles. The van der Waals surface area contributed by atoms with Crippen molar-refractivity contribution < 1.29 is 18.8 Å². The molecule has 0 fully saturated rings. The first-order valence-corrected chi connectivity index (χ1v) is 9.87. The molecule has 0 saturated carbocycles. The maximum atomic E-state index is 13.0. The molecule has 1 amide bonds. The summed E-state index contributed by atoms with van der Waals surface area (Å²) in [5.41, 5.74) is 1.83. The van der Waals surface area contributed by atoms with Crippen LogP contribution in [0.4, 0.5) is 10.1 Å². The van der Waals surface area contributed by atoms with Crippen LogP contribution in [-0.2, 0) is 4.79 Å². The van der Waals surface area contributed by atoms with E-state index in [0.717, 1.165) is 4.90 Å². The zero-order valence-electron chi connectivity index (χ0n) is 15.4. The number of ketones is 2. The lowest BCUT2D eigenvalue weighted by Gasteiger charge is -2.18. The SMILES string of the molecule is C[C@@H](Sc1ccc(F)cc1)C(=O)Nc1ccc2c(c1)C(=O)c1ccccc1C2=O. The predicted octanol–water partition coefficient (Wildman–Crippen LogP) is 4.72. The average Bonchev–Trinajstić information content (AvgIpc) is 2.73. The summed E-state index contributed by atoms with van der Waals surface area (Å²) in [7, 11) is 0. The highest BCUT2D eigenvalue weighted by Crippen LogP contribution is 2.30. The van der Waals surface area contributed by atoms with E-state index in [9.17, 15) is 18.8 Å². The molecule has 4 nitrogen and oxygen atoms in total. The highest BCUT2D eigenvalue weighted by atomic mass is 32.2. The van der Waals surface area contributed by atoms with Gasteiger partial charge in [0.05, 0.1) is 5.25 Å². The Bertz CT molecular complexity index is 1140. The number of hydrogen-bond donors (Lipinski definition) is 1. The molecule has 0 aliphatic heterocycles. The van der Waals surface area contributed by atoms with Gasteiger partial charge in [-0.15, -0.1) is 11.8 Å². The fourth-order valence-electron chi connectivity index (χ4n) is 3.19.